The van der Waals surface area contributed by atoms with Crippen molar-refractivity contribution >= 4 is 0 Å². The highest BCUT2D eigenvalue weighted by Gasteiger charge is 1.95. The van der Waals surface area contributed by atoms with Crippen molar-refractivity contribution in [2.75, 3.05) is 6.61 Å². The summed E-state index contributed by atoms with van der Waals surface area (Å²) in [6, 6.07) is 7.98. The minimum atomic E-state index is 0.602. The number of ether oxygens (including phenoxy) is 1. The molecule has 0 bridgehead atoms. The first-order valence-corrected chi connectivity index (χ1v) is 4.03. The lowest BCUT2D eigenvalue weighted by Gasteiger charge is -2.07. The lowest BCUT2D eigenvalue weighted by Crippen LogP contribution is -1.98. The van der Waals surface area contributed by atoms with Gasteiger partial charge in [0.15, 0.2) is 0 Å². The quantitative estimate of drug-likeness (QED) is 0.621. The number of benzene rings is 1. The van der Waals surface area contributed by atoms with Gasteiger partial charge in [-0.2, -0.15) is 0 Å². The maximum atomic E-state index is 5.50. The highest BCUT2D eigenvalue weighted by Crippen LogP contribution is 2.16. The second-order valence-electron chi connectivity index (χ2n) is 3.01. The summed E-state index contributed by atoms with van der Waals surface area (Å²) in [4.78, 5) is 0. The minimum Gasteiger partial charge on any atom is -0.489 e. The van der Waals surface area contributed by atoms with Crippen molar-refractivity contribution in [3.05, 3.63) is 42.0 Å². The van der Waals surface area contributed by atoms with Crippen LogP contribution in [0.2, 0.25) is 0 Å². The molecule has 0 aromatic heterocycles. The summed E-state index contributed by atoms with van der Waals surface area (Å²) in [6.45, 7) is 8.37. The number of hydrogen-bond donors (Lipinski definition) is 0. The molecule has 0 unspecified atom stereocenters. The summed E-state index contributed by atoms with van der Waals surface area (Å²) in [5.41, 5.74) is 2.21. The summed E-state index contributed by atoms with van der Waals surface area (Å²) >= 11 is 0. The molecule has 0 aliphatic carbocycles. The van der Waals surface area contributed by atoms with Crippen molar-refractivity contribution in [3.8, 4) is 5.75 Å². The normalized spacial score (nSPS) is 9.50. The third-order valence-corrected chi connectivity index (χ3v) is 1.57. The van der Waals surface area contributed by atoms with Crippen LogP contribution in [0.25, 0.3) is 0 Å². The van der Waals surface area contributed by atoms with Crippen LogP contribution in [0.15, 0.2) is 36.4 Å². The van der Waals surface area contributed by atoms with E-state index >= 15 is 0 Å². The number of rotatable bonds is 3. The molecule has 0 atom stereocenters. The summed E-state index contributed by atoms with van der Waals surface area (Å²) in [5, 5.41) is 0. The Morgan fingerprint density at radius 1 is 1.42 bits per heavy atom. The second-order valence-corrected chi connectivity index (χ2v) is 3.01. The number of hydrogen-bond acceptors (Lipinski definition) is 1. The molecule has 0 spiro atoms. The molecule has 12 heavy (non-hydrogen) atoms. The van der Waals surface area contributed by atoms with Crippen LogP contribution in [0, 0.1) is 6.92 Å². The van der Waals surface area contributed by atoms with Crippen LogP contribution >= 0.6 is 0 Å². The molecule has 0 saturated heterocycles. The average molecular weight is 162 g/mol. The van der Waals surface area contributed by atoms with Gasteiger partial charge in [-0.05, 0) is 31.1 Å². The van der Waals surface area contributed by atoms with E-state index in [4.69, 9.17) is 4.74 Å². The molecule has 0 heterocycles. The summed E-state index contributed by atoms with van der Waals surface area (Å²) < 4.78 is 5.50. The zero-order chi connectivity index (χ0) is 8.97. The van der Waals surface area contributed by atoms with E-state index in [1.165, 1.54) is 5.56 Å². The molecule has 1 aromatic rings. The van der Waals surface area contributed by atoms with Crippen molar-refractivity contribution in [1.82, 2.24) is 0 Å². The van der Waals surface area contributed by atoms with Gasteiger partial charge in [0, 0.05) is 0 Å². The summed E-state index contributed by atoms with van der Waals surface area (Å²) in [7, 11) is 0. The topological polar surface area (TPSA) is 9.23 Å². The molecule has 64 valence electrons. The van der Waals surface area contributed by atoms with Crippen molar-refractivity contribution in [2.24, 2.45) is 0 Å². The molecule has 0 aliphatic rings. The van der Waals surface area contributed by atoms with Crippen LogP contribution in [-0.2, 0) is 0 Å². The Morgan fingerprint density at radius 2 is 2.08 bits per heavy atom. The smallest absolute Gasteiger partial charge is 0.122 e. The minimum absolute atomic E-state index is 0.602. The molecule has 0 fully saturated rings. The first-order chi connectivity index (χ1) is 5.70. The Bertz CT molecular complexity index is 276. The molecule has 0 amide bonds. The van der Waals surface area contributed by atoms with Crippen molar-refractivity contribution in [2.45, 2.75) is 13.8 Å². The number of aryl methyl sites for hydroxylation is 1. The second kappa shape index (κ2) is 3.96. The Hall–Kier alpha value is -1.24. The van der Waals surface area contributed by atoms with Gasteiger partial charge < -0.3 is 4.74 Å². The van der Waals surface area contributed by atoms with E-state index in [0.717, 1.165) is 11.3 Å². The first-order valence-electron chi connectivity index (χ1n) is 4.03. The zero-order valence-corrected chi connectivity index (χ0v) is 7.63. The van der Waals surface area contributed by atoms with Gasteiger partial charge in [-0.1, -0.05) is 24.8 Å². The predicted octanol–water partition coefficient (Wildman–Crippen LogP) is 2.95. The average Bonchev–Trinajstić information content (AvgIpc) is 2.03. The van der Waals surface area contributed by atoms with Crippen molar-refractivity contribution < 1.29 is 4.74 Å². The number of para-hydroxylation sites is 1. The molecule has 1 rings (SSSR count). The molecule has 0 saturated carbocycles. The first kappa shape index (κ1) is 8.85. The molecule has 1 aromatic carbocycles. The van der Waals surface area contributed by atoms with Gasteiger partial charge in [-0.25, -0.2) is 0 Å². The summed E-state index contributed by atoms with van der Waals surface area (Å²) in [5.74, 6) is 0.945. The van der Waals surface area contributed by atoms with Gasteiger partial charge in [0.1, 0.15) is 12.4 Å². The van der Waals surface area contributed by atoms with Crippen LogP contribution < -0.4 is 4.74 Å². The predicted molar refractivity (Wildman–Crippen MR) is 51.5 cm³/mol. The van der Waals surface area contributed by atoms with Gasteiger partial charge in [0.2, 0.25) is 0 Å². The Balaban J connectivity index is 2.63. The Morgan fingerprint density at radius 3 is 2.67 bits per heavy atom. The van der Waals surface area contributed by atoms with Gasteiger partial charge in [-0.3, -0.25) is 0 Å². The third kappa shape index (κ3) is 2.42. The largest absolute Gasteiger partial charge is 0.489 e. The van der Waals surface area contributed by atoms with E-state index in [1.54, 1.807) is 0 Å². The Kier molecular flexibility index (Phi) is 2.92. The van der Waals surface area contributed by atoms with Crippen LogP contribution in [0.1, 0.15) is 12.5 Å². The highest BCUT2D eigenvalue weighted by molar-refractivity contribution is 5.31. The maximum absolute atomic E-state index is 5.50. The van der Waals surface area contributed by atoms with E-state index in [-0.39, 0.29) is 0 Å². The molecular formula is C11H14O. The van der Waals surface area contributed by atoms with E-state index < -0.39 is 0 Å². The highest BCUT2D eigenvalue weighted by atomic mass is 16.5. The van der Waals surface area contributed by atoms with E-state index in [2.05, 4.69) is 6.58 Å². The molecular weight excluding hydrogens is 148 g/mol. The summed E-state index contributed by atoms with van der Waals surface area (Å²) in [6.07, 6.45) is 0. The van der Waals surface area contributed by atoms with E-state index in [1.807, 2.05) is 38.1 Å². The van der Waals surface area contributed by atoms with Gasteiger partial charge in [0.05, 0.1) is 0 Å². The molecule has 1 nitrogen and oxygen atoms in total. The van der Waals surface area contributed by atoms with Crippen molar-refractivity contribution in [1.29, 1.82) is 0 Å². The van der Waals surface area contributed by atoms with Crippen LogP contribution in [0.4, 0.5) is 0 Å². The van der Waals surface area contributed by atoms with Crippen molar-refractivity contribution in [3.63, 3.8) is 0 Å². The zero-order valence-electron chi connectivity index (χ0n) is 7.63. The fourth-order valence-corrected chi connectivity index (χ4v) is 0.919. The van der Waals surface area contributed by atoms with E-state index in [0.29, 0.717) is 6.61 Å². The SMILES string of the molecule is C=C(C)COc1ccccc1C. The Labute approximate surface area is 73.7 Å². The van der Waals surface area contributed by atoms with Crippen LogP contribution in [0.3, 0.4) is 0 Å². The van der Waals surface area contributed by atoms with Gasteiger partial charge >= 0.3 is 0 Å². The maximum Gasteiger partial charge on any atom is 0.122 e. The van der Waals surface area contributed by atoms with Crippen LogP contribution in [0.5, 0.6) is 5.75 Å². The standard InChI is InChI=1S/C11H14O/c1-9(2)8-12-11-7-5-4-6-10(11)3/h4-7H,1,8H2,2-3H3. The molecule has 1 heteroatoms. The van der Waals surface area contributed by atoms with Crippen LogP contribution in [-0.4, -0.2) is 6.61 Å². The fourth-order valence-electron chi connectivity index (χ4n) is 0.919. The monoisotopic (exact) mass is 162 g/mol. The van der Waals surface area contributed by atoms with Gasteiger partial charge in [-0.15, -0.1) is 0 Å². The molecule has 0 radical (unpaired) electrons. The molecule has 0 N–H and O–H groups in total. The third-order valence-electron chi connectivity index (χ3n) is 1.57. The van der Waals surface area contributed by atoms with Gasteiger partial charge in [0.25, 0.3) is 0 Å². The fraction of sp³-hybridized carbons (Fsp3) is 0.273. The molecule has 0 aliphatic heterocycles. The lowest BCUT2D eigenvalue weighted by molar-refractivity contribution is 0.350. The lowest BCUT2D eigenvalue weighted by atomic mass is 10.2. The van der Waals surface area contributed by atoms with E-state index in [9.17, 15) is 0 Å².